The second-order valence-corrected chi connectivity index (χ2v) is 5.69. The average molecular weight is 248 g/mol. The summed E-state index contributed by atoms with van der Waals surface area (Å²) >= 11 is 0. The first-order valence-corrected chi connectivity index (χ1v) is 6.63. The topological polar surface area (TPSA) is 72.9 Å². The van der Waals surface area contributed by atoms with Crippen molar-refractivity contribution in [2.75, 3.05) is 5.32 Å². The van der Waals surface area contributed by atoms with Gasteiger partial charge < -0.3 is 11.1 Å². The van der Waals surface area contributed by atoms with Gasteiger partial charge in [0, 0.05) is 13.1 Å². The number of aromatic nitrogens is 2. The zero-order chi connectivity index (χ0) is 12.9. The van der Waals surface area contributed by atoms with Gasteiger partial charge in [0.2, 0.25) is 5.91 Å². The third-order valence-corrected chi connectivity index (χ3v) is 4.78. The van der Waals surface area contributed by atoms with Crippen LogP contribution < -0.4 is 11.1 Å². The molecule has 0 radical (unpaired) electrons. The lowest BCUT2D eigenvalue weighted by atomic mass is 9.84. The average Bonchev–Trinajstić information content (AvgIpc) is 2.99. The minimum absolute atomic E-state index is 0.0108. The molecule has 2 aliphatic rings. The molecule has 4 unspecified atom stereocenters. The molecule has 1 heterocycles. The fraction of sp³-hybridized carbons (Fsp3) is 0.692. The number of amides is 1. The first-order chi connectivity index (χ1) is 8.58. The van der Waals surface area contributed by atoms with Crippen LogP contribution in [0, 0.1) is 24.7 Å². The van der Waals surface area contributed by atoms with E-state index in [-0.39, 0.29) is 17.9 Å². The van der Waals surface area contributed by atoms with Crippen LogP contribution >= 0.6 is 0 Å². The Morgan fingerprint density at radius 1 is 1.50 bits per heavy atom. The van der Waals surface area contributed by atoms with E-state index in [0.717, 1.165) is 24.2 Å². The smallest absolute Gasteiger partial charge is 0.229 e. The molecule has 3 N–H and O–H groups in total. The fourth-order valence-corrected chi connectivity index (χ4v) is 3.56. The Bertz CT molecular complexity index is 479. The molecule has 1 aromatic heterocycles. The molecule has 98 valence electrons. The summed E-state index contributed by atoms with van der Waals surface area (Å²) in [6.45, 7) is 1.95. The molecule has 0 aromatic carbocycles. The highest BCUT2D eigenvalue weighted by molar-refractivity contribution is 5.94. The molecule has 18 heavy (non-hydrogen) atoms. The molecule has 3 rings (SSSR count). The predicted octanol–water partition coefficient (Wildman–Crippen LogP) is 1.04. The molecule has 2 fully saturated rings. The van der Waals surface area contributed by atoms with Gasteiger partial charge in [-0.25, -0.2) is 0 Å². The predicted molar refractivity (Wildman–Crippen MR) is 68.9 cm³/mol. The largest absolute Gasteiger partial charge is 0.327 e. The number of hydrogen-bond acceptors (Lipinski definition) is 3. The summed E-state index contributed by atoms with van der Waals surface area (Å²) in [6, 6.07) is 0.0423. The van der Waals surface area contributed by atoms with Gasteiger partial charge >= 0.3 is 0 Å². The molecule has 1 amide bonds. The van der Waals surface area contributed by atoms with Crippen LogP contribution in [0.4, 0.5) is 5.69 Å². The standard InChI is InChI=1S/C13H20N4O/c1-7-10(6-15-17(7)2)16-13(18)11-8-3-4-9(5-8)12(11)14/h6,8-9,11-12H,3-5,14H2,1-2H3,(H,16,18). The van der Waals surface area contributed by atoms with E-state index in [1.165, 1.54) is 6.42 Å². The van der Waals surface area contributed by atoms with Gasteiger partial charge in [0.25, 0.3) is 0 Å². The van der Waals surface area contributed by atoms with E-state index in [2.05, 4.69) is 10.4 Å². The van der Waals surface area contributed by atoms with Gasteiger partial charge in [-0.3, -0.25) is 9.48 Å². The van der Waals surface area contributed by atoms with Gasteiger partial charge in [0.05, 0.1) is 23.5 Å². The van der Waals surface area contributed by atoms with Crippen molar-refractivity contribution in [2.45, 2.75) is 32.2 Å². The molecule has 2 bridgehead atoms. The molecular formula is C13H20N4O. The Balaban J connectivity index is 1.74. The van der Waals surface area contributed by atoms with Gasteiger partial charge in [0.15, 0.2) is 0 Å². The van der Waals surface area contributed by atoms with Crippen LogP contribution in [-0.2, 0) is 11.8 Å². The zero-order valence-corrected chi connectivity index (χ0v) is 10.9. The highest BCUT2D eigenvalue weighted by Gasteiger charge is 2.49. The Kier molecular flexibility index (Phi) is 2.66. The molecule has 0 spiro atoms. The Morgan fingerprint density at radius 2 is 2.22 bits per heavy atom. The lowest BCUT2D eigenvalue weighted by Gasteiger charge is -2.26. The number of anilines is 1. The van der Waals surface area contributed by atoms with E-state index in [4.69, 9.17) is 5.73 Å². The van der Waals surface area contributed by atoms with Crippen LogP contribution in [-0.4, -0.2) is 21.7 Å². The zero-order valence-electron chi connectivity index (χ0n) is 10.9. The van der Waals surface area contributed by atoms with Gasteiger partial charge in [-0.15, -0.1) is 0 Å². The monoisotopic (exact) mass is 248 g/mol. The summed E-state index contributed by atoms with van der Waals surface area (Å²) in [5.74, 6) is 1.11. The van der Waals surface area contributed by atoms with Crippen molar-refractivity contribution in [2.24, 2.45) is 30.5 Å². The van der Waals surface area contributed by atoms with E-state index in [0.29, 0.717) is 11.8 Å². The van der Waals surface area contributed by atoms with Gasteiger partial charge in [-0.1, -0.05) is 0 Å². The third kappa shape index (κ3) is 1.65. The molecule has 2 saturated carbocycles. The van der Waals surface area contributed by atoms with Crippen LogP contribution in [0.5, 0.6) is 0 Å². The summed E-state index contributed by atoms with van der Waals surface area (Å²) in [5, 5.41) is 7.12. The maximum Gasteiger partial charge on any atom is 0.229 e. The summed E-state index contributed by atoms with van der Waals surface area (Å²) in [7, 11) is 1.87. The highest BCUT2D eigenvalue weighted by atomic mass is 16.2. The normalized spacial score (nSPS) is 33.9. The number of carbonyl (C=O) groups excluding carboxylic acids is 1. The molecule has 4 atom stereocenters. The lowest BCUT2D eigenvalue weighted by molar-refractivity contribution is -0.121. The Morgan fingerprint density at radius 3 is 2.78 bits per heavy atom. The number of nitrogens with one attached hydrogen (secondary N) is 1. The van der Waals surface area contributed by atoms with E-state index in [9.17, 15) is 4.79 Å². The van der Waals surface area contributed by atoms with E-state index >= 15 is 0 Å². The number of hydrogen-bond donors (Lipinski definition) is 2. The van der Waals surface area contributed by atoms with E-state index in [1.54, 1.807) is 10.9 Å². The second kappa shape index (κ2) is 4.09. The van der Waals surface area contributed by atoms with Gasteiger partial charge in [0.1, 0.15) is 0 Å². The Labute approximate surface area is 107 Å². The van der Waals surface area contributed by atoms with Crippen LogP contribution in [0.2, 0.25) is 0 Å². The third-order valence-electron chi connectivity index (χ3n) is 4.78. The van der Waals surface area contributed by atoms with Crippen molar-refractivity contribution in [3.8, 4) is 0 Å². The van der Waals surface area contributed by atoms with Crippen molar-refractivity contribution < 1.29 is 4.79 Å². The quantitative estimate of drug-likeness (QED) is 0.821. The SMILES string of the molecule is Cc1c(NC(=O)C2C3CCC(C3)C2N)cnn1C. The molecule has 1 aromatic rings. The first kappa shape index (κ1) is 11.7. The summed E-state index contributed by atoms with van der Waals surface area (Å²) < 4.78 is 1.76. The van der Waals surface area contributed by atoms with Crippen molar-refractivity contribution >= 4 is 11.6 Å². The number of fused-ring (bicyclic) bond motifs is 2. The van der Waals surface area contributed by atoms with E-state index in [1.807, 2.05) is 14.0 Å². The van der Waals surface area contributed by atoms with Crippen molar-refractivity contribution in [3.05, 3.63) is 11.9 Å². The van der Waals surface area contributed by atoms with Gasteiger partial charge in [-0.2, -0.15) is 5.10 Å². The summed E-state index contributed by atoms with van der Waals surface area (Å²) in [4.78, 5) is 12.3. The maximum atomic E-state index is 12.3. The minimum Gasteiger partial charge on any atom is -0.327 e. The number of rotatable bonds is 2. The molecule has 0 saturated heterocycles. The Hall–Kier alpha value is -1.36. The highest BCUT2D eigenvalue weighted by Crippen LogP contribution is 2.47. The maximum absolute atomic E-state index is 12.3. The van der Waals surface area contributed by atoms with Crippen molar-refractivity contribution in [1.29, 1.82) is 0 Å². The van der Waals surface area contributed by atoms with Crippen LogP contribution in [0.15, 0.2) is 6.20 Å². The first-order valence-electron chi connectivity index (χ1n) is 6.63. The fourth-order valence-electron chi connectivity index (χ4n) is 3.56. The van der Waals surface area contributed by atoms with Crippen LogP contribution in [0.3, 0.4) is 0 Å². The lowest BCUT2D eigenvalue weighted by Crippen LogP contribution is -2.42. The van der Waals surface area contributed by atoms with Crippen LogP contribution in [0.25, 0.3) is 0 Å². The molecule has 0 aliphatic heterocycles. The summed E-state index contributed by atoms with van der Waals surface area (Å²) in [6.07, 6.45) is 5.18. The minimum atomic E-state index is -0.0108. The molecule has 5 heteroatoms. The molecule has 5 nitrogen and oxygen atoms in total. The van der Waals surface area contributed by atoms with E-state index < -0.39 is 0 Å². The molecule has 2 aliphatic carbocycles. The van der Waals surface area contributed by atoms with Gasteiger partial charge in [-0.05, 0) is 38.0 Å². The number of nitrogens with two attached hydrogens (primary N) is 1. The summed E-state index contributed by atoms with van der Waals surface area (Å²) in [5.41, 5.74) is 7.96. The number of aryl methyl sites for hydroxylation is 1. The second-order valence-electron chi connectivity index (χ2n) is 5.69. The number of nitrogens with zero attached hydrogens (tertiary/aromatic N) is 2. The number of carbonyl (C=O) groups is 1. The van der Waals surface area contributed by atoms with Crippen molar-refractivity contribution in [3.63, 3.8) is 0 Å². The molecular weight excluding hydrogens is 228 g/mol. The van der Waals surface area contributed by atoms with Crippen LogP contribution in [0.1, 0.15) is 25.0 Å². The van der Waals surface area contributed by atoms with Crippen molar-refractivity contribution in [1.82, 2.24) is 9.78 Å².